The Hall–Kier alpha value is -2.14. The van der Waals surface area contributed by atoms with Crippen molar-refractivity contribution in [2.24, 2.45) is 0 Å². The Labute approximate surface area is 143 Å². The number of amides is 1. The molecular weight excluding hydrogens is 302 g/mol. The highest BCUT2D eigenvalue weighted by Crippen LogP contribution is 2.24. The summed E-state index contributed by atoms with van der Waals surface area (Å²) >= 11 is 0. The monoisotopic (exact) mass is 327 g/mol. The number of benzene rings is 1. The van der Waals surface area contributed by atoms with Crippen LogP contribution in [-0.4, -0.2) is 35.1 Å². The molecule has 0 aliphatic carbocycles. The van der Waals surface area contributed by atoms with Crippen LogP contribution < -0.4 is 5.32 Å². The molecule has 0 unspecified atom stereocenters. The molecule has 1 aliphatic rings. The van der Waals surface area contributed by atoms with Crippen molar-refractivity contribution in [1.82, 2.24) is 15.4 Å². The van der Waals surface area contributed by atoms with Gasteiger partial charge in [-0.3, -0.25) is 9.69 Å². The van der Waals surface area contributed by atoms with Crippen molar-refractivity contribution >= 4 is 5.91 Å². The fraction of sp³-hybridized carbons (Fsp3) is 0.474. The number of aromatic nitrogens is 1. The van der Waals surface area contributed by atoms with E-state index < -0.39 is 0 Å². The van der Waals surface area contributed by atoms with E-state index in [4.69, 9.17) is 4.52 Å². The van der Waals surface area contributed by atoms with Crippen LogP contribution >= 0.6 is 0 Å². The summed E-state index contributed by atoms with van der Waals surface area (Å²) < 4.78 is 5.13. The maximum absolute atomic E-state index is 12.3. The fourth-order valence-electron chi connectivity index (χ4n) is 3.39. The number of nitrogens with one attached hydrogen (secondary N) is 1. The molecule has 128 valence electrons. The van der Waals surface area contributed by atoms with Crippen LogP contribution in [0.3, 0.4) is 0 Å². The van der Waals surface area contributed by atoms with Gasteiger partial charge in [-0.1, -0.05) is 35.5 Å². The lowest BCUT2D eigenvalue weighted by Gasteiger charge is -2.24. The van der Waals surface area contributed by atoms with Gasteiger partial charge in [0.15, 0.2) is 0 Å². The summed E-state index contributed by atoms with van der Waals surface area (Å²) in [5, 5.41) is 7.06. The molecule has 0 radical (unpaired) electrons. The van der Waals surface area contributed by atoms with E-state index in [0.717, 1.165) is 36.5 Å². The highest BCUT2D eigenvalue weighted by Gasteiger charge is 2.28. The molecule has 2 aromatic rings. The molecular formula is C19H25N3O2. The second-order valence-electron chi connectivity index (χ2n) is 6.61. The third-order valence-corrected chi connectivity index (χ3v) is 4.93. The van der Waals surface area contributed by atoms with E-state index in [1.165, 1.54) is 5.56 Å². The van der Waals surface area contributed by atoms with Crippen molar-refractivity contribution < 1.29 is 9.32 Å². The summed E-state index contributed by atoms with van der Waals surface area (Å²) in [6.45, 7) is 7.85. The van der Waals surface area contributed by atoms with Gasteiger partial charge in [0.25, 0.3) is 0 Å². The number of rotatable bonds is 5. The van der Waals surface area contributed by atoms with Gasteiger partial charge in [0.2, 0.25) is 5.91 Å². The normalized spacial score (nSPS) is 19.4. The number of aryl methyl sites for hydroxylation is 2. The van der Waals surface area contributed by atoms with Crippen molar-refractivity contribution in [3.63, 3.8) is 0 Å². The van der Waals surface area contributed by atoms with E-state index in [1.54, 1.807) is 0 Å². The van der Waals surface area contributed by atoms with Gasteiger partial charge < -0.3 is 9.84 Å². The highest BCUT2D eigenvalue weighted by atomic mass is 16.5. The second-order valence-corrected chi connectivity index (χ2v) is 6.61. The Bertz CT molecular complexity index is 676. The SMILES string of the molecule is Cc1noc(C)c1CC(=O)N[C@@H]1CCN([C@@H](C)c2ccccc2)C1. The topological polar surface area (TPSA) is 58.4 Å². The summed E-state index contributed by atoms with van der Waals surface area (Å²) in [5.41, 5.74) is 3.02. The zero-order valence-corrected chi connectivity index (χ0v) is 14.6. The first-order valence-electron chi connectivity index (χ1n) is 8.54. The molecule has 24 heavy (non-hydrogen) atoms. The third kappa shape index (κ3) is 3.67. The van der Waals surface area contributed by atoms with Gasteiger partial charge in [-0.25, -0.2) is 0 Å². The molecule has 5 heteroatoms. The standard InChI is InChI=1S/C19H25N3O2/c1-13-18(15(3)24-21-13)11-19(23)20-17-9-10-22(12-17)14(2)16-7-5-4-6-8-16/h4-8,14,17H,9-12H2,1-3H3,(H,20,23)/t14-,17+/m0/s1. The molecule has 1 aromatic carbocycles. The van der Waals surface area contributed by atoms with E-state index in [9.17, 15) is 4.79 Å². The molecule has 5 nitrogen and oxygen atoms in total. The minimum atomic E-state index is 0.0450. The quantitative estimate of drug-likeness (QED) is 0.917. The largest absolute Gasteiger partial charge is 0.361 e. The molecule has 0 spiro atoms. The number of hydrogen-bond donors (Lipinski definition) is 1. The van der Waals surface area contributed by atoms with Crippen LogP contribution in [0.4, 0.5) is 0 Å². The van der Waals surface area contributed by atoms with Crippen LogP contribution in [0.2, 0.25) is 0 Å². The van der Waals surface area contributed by atoms with Gasteiger partial charge in [-0.15, -0.1) is 0 Å². The van der Waals surface area contributed by atoms with Gasteiger partial charge in [0.05, 0.1) is 12.1 Å². The zero-order valence-electron chi connectivity index (χ0n) is 14.6. The average Bonchev–Trinajstić information content (AvgIpc) is 3.17. The minimum absolute atomic E-state index is 0.0450. The molecule has 3 rings (SSSR count). The van der Waals surface area contributed by atoms with Crippen molar-refractivity contribution in [3.05, 3.63) is 52.9 Å². The second kappa shape index (κ2) is 7.18. The summed E-state index contributed by atoms with van der Waals surface area (Å²) in [6.07, 6.45) is 1.33. The molecule has 2 heterocycles. The van der Waals surface area contributed by atoms with Gasteiger partial charge in [0, 0.05) is 30.7 Å². The number of carbonyl (C=O) groups excluding carboxylic acids is 1. The van der Waals surface area contributed by atoms with Gasteiger partial charge in [0.1, 0.15) is 5.76 Å². The van der Waals surface area contributed by atoms with Crippen LogP contribution in [0.5, 0.6) is 0 Å². The lowest BCUT2D eigenvalue weighted by molar-refractivity contribution is -0.121. The molecule has 0 saturated carbocycles. The van der Waals surface area contributed by atoms with Crippen LogP contribution in [-0.2, 0) is 11.2 Å². The Morgan fingerprint density at radius 2 is 2.12 bits per heavy atom. The zero-order chi connectivity index (χ0) is 17.1. The number of nitrogens with zero attached hydrogens (tertiary/aromatic N) is 2. The Balaban J connectivity index is 1.53. The first-order chi connectivity index (χ1) is 11.5. The van der Waals surface area contributed by atoms with Crippen LogP contribution in [0.1, 0.15) is 42.0 Å². The number of carbonyl (C=O) groups is 1. The molecule has 1 aromatic heterocycles. The molecule has 1 amide bonds. The Morgan fingerprint density at radius 1 is 1.38 bits per heavy atom. The van der Waals surface area contributed by atoms with E-state index in [2.05, 4.69) is 46.6 Å². The molecule has 2 atom stereocenters. The van der Waals surface area contributed by atoms with E-state index in [0.29, 0.717) is 12.5 Å². The molecule has 0 bridgehead atoms. The van der Waals surface area contributed by atoms with Crippen molar-refractivity contribution in [3.8, 4) is 0 Å². The van der Waals surface area contributed by atoms with Crippen LogP contribution in [0, 0.1) is 13.8 Å². The maximum Gasteiger partial charge on any atom is 0.224 e. The first-order valence-corrected chi connectivity index (χ1v) is 8.54. The summed E-state index contributed by atoms with van der Waals surface area (Å²) in [6, 6.07) is 11.1. The molecule has 1 N–H and O–H groups in total. The van der Waals surface area contributed by atoms with Crippen molar-refractivity contribution in [2.45, 2.75) is 45.7 Å². The van der Waals surface area contributed by atoms with E-state index in [1.807, 2.05) is 19.9 Å². The van der Waals surface area contributed by atoms with Gasteiger partial charge in [-0.05, 0) is 32.8 Å². The lowest BCUT2D eigenvalue weighted by atomic mass is 10.1. The third-order valence-electron chi connectivity index (χ3n) is 4.93. The number of hydrogen-bond acceptors (Lipinski definition) is 4. The predicted octanol–water partition coefficient (Wildman–Crippen LogP) is 2.79. The van der Waals surface area contributed by atoms with Gasteiger partial charge in [-0.2, -0.15) is 0 Å². The van der Waals surface area contributed by atoms with Crippen LogP contribution in [0.15, 0.2) is 34.9 Å². The van der Waals surface area contributed by atoms with Crippen molar-refractivity contribution in [1.29, 1.82) is 0 Å². The minimum Gasteiger partial charge on any atom is -0.361 e. The smallest absolute Gasteiger partial charge is 0.224 e. The number of likely N-dealkylation sites (tertiary alicyclic amines) is 1. The van der Waals surface area contributed by atoms with Gasteiger partial charge >= 0.3 is 0 Å². The maximum atomic E-state index is 12.3. The summed E-state index contributed by atoms with van der Waals surface area (Å²) in [7, 11) is 0. The lowest BCUT2D eigenvalue weighted by Crippen LogP contribution is -2.38. The summed E-state index contributed by atoms with van der Waals surface area (Å²) in [4.78, 5) is 14.7. The van der Waals surface area contributed by atoms with E-state index in [-0.39, 0.29) is 11.9 Å². The highest BCUT2D eigenvalue weighted by molar-refractivity contribution is 5.79. The molecule has 1 fully saturated rings. The summed E-state index contributed by atoms with van der Waals surface area (Å²) in [5.74, 6) is 0.775. The molecule has 1 aliphatic heterocycles. The first kappa shape index (κ1) is 16.7. The Kier molecular flexibility index (Phi) is 5.00. The fourth-order valence-corrected chi connectivity index (χ4v) is 3.39. The average molecular weight is 327 g/mol. The van der Waals surface area contributed by atoms with Crippen LogP contribution in [0.25, 0.3) is 0 Å². The molecule has 1 saturated heterocycles. The van der Waals surface area contributed by atoms with E-state index >= 15 is 0 Å². The predicted molar refractivity (Wildman–Crippen MR) is 92.7 cm³/mol. The van der Waals surface area contributed by atoms with Crippen molar-refractivity contribution in [2.75, 3.05) is 13.1 Å². The Morgan fingerprint density at radius 3 is 2.79 bits per heavy atom.